The largest absolute Gasteiger partial charge is 0.374 e. The first-order chi connectivity index (χ1) is 22.3. The Morgan fingerprint density at radius 3 is 1.73 bits per heavy atom. The van der Waals surface area contributed by atoms with Gasteiger partial charge < -0.3 is 5.32 Å². The summed E-state index contributed by atoms with van der Waals surface area (Å²) < 4.78 is 2.67. The molecule has 1 aliphatic heterocycles. The van der Waals surface area contributed by atoms with Gasteiger partial charge in [-0.2, -0.15) is 0 Å². The lowest BCUT2D eigenvalue weighted by molar-refractivity contribution is 0.933. The van der Waals surface area contributed by atoms with Gasteiger partial charge >= 0.3 is 0 Å². The second-order valence-electron chi connectivity index (χ2n) is 11.8. The van der Waals surface area contributed by atoms with Crippen LogP contribution in [0, 0.1) is 0 Å². The molecule has 1 aromatic heterocycles. The molecule has 0 saturated carbocycles. The van der Waals surface area contributed by atoms with Crippen molar-refractivity contribution in [2.45, 2.75) is 6.04 Å². The topological polar surface area (TPSA) is 12.0 Å². The number of fused-ring (bicyclic) bond motifs is 7. The predicted molar refractivity (Wildman–Crippen MR) is 193 cm³/mol. The highest BCUT2D eigenvalue weighted by Gasteiger charge is 2.28. The number of benzene rings is 7. The molecule has 1 unspecified atom stereocenters. The van der Waals surface area contributed by atoms with Crippen molar-refractivity contribution in [3.63, 3.8) is 0 Å². The molecule has 0 spiro atoms. The summed E-state index contributed by atoms with van der Waals surface area (Å²) >= 11 is 1.88. The fourth-order valence-electron chi connectivity index (χ4n) is 6.96. The lowest BCUT2D eigenvalue weighted by Crippen LogP contribution is -2.18. The second kappa shape index (κ2) is 10.6. The second-order valence-corrected chi connectivity index (χ2v) is 12.9. The highest BCUT2D eigenvalue weighted by Crippen LogP contribution is 2.50. The van der Waals surface area contributed by atoms with Crippen molar-refractivity contribution in [3.05, 3.63) is 175 Å². The molecular formula is C43H29NS. The van der Waals surface area contributed by atoms with Gasteiger partial charge in [-0.25, -0.2) is 0 Å². The number of anilines is 1. The van der Waals surface area contributed by atoms with Crippen molar-refractivity contribution in [2.24, 2.45) is 0 Å². The number of hydrogen-bond donors (Lipinski definition) is 1. The molecule has 2 heterocycles. The van der Waals surface area contributed by atoms with E-state index >= 15 is 0 Å². The van der Waals surface area contributed by atoms with E-state index in [1.165, 1.54) is 81.5 Å². The Labute approximate surface area is 267 Å². The van der Waals surface area contributed by atoms with Gasteiger partial charge in [0.2, 0.25) is 0 Å². The Bertz CT molecular complexity index is 2280. The highest BCUT2D eigenvalue weighted by atomic mass is 32.1. The van der Waals surface area contributed by atoms with Gasteiger partial charge in [-0.05, 0) is 86.5 Å². The fraction of sp³-hybridized carbons (Fsp3) is 0.0233. The number of thiophene rings is 1. The van der Waals surface area contributed by atoms with Gasteiger partial charge in [0.05, 0.1) is 6.04 Å². The van der Waals surface area contributed by atoms with Crippen LogP contribution in [0.2, 0.25) is 0 Å². The van der Waals surface area contributed by atoms with Crippen LogP contribution < -0.4 is 5.32 Å². The Morgan fingerprint density at radius 2 is 1.04 bits per heavy atom. The fourth-order valence-corrected chi connectivity index (χ4v) is 8.07. The summed E-state index contributed by atoms with van der Waals surface area (Å²) in [6, 6.07) is 59.8. The van der Waals surface area contributed by atoms with Gasteiger partial charge in [0, 0.05) is 31.4 Å². The average molecular weight is 592 g/mol. The van der Waals surface area contributed by atoms with Crippen LogP contribution in [0.5, 0.6) is 0 Å². The Balaban J connectivity index is 1.27. The number of nitrogens with one attached hydrogen (secondary N) is 1. The molecule has 8 aromatic rings. The van der Waals surface area contributed by atoms with Crippen molar-refractivity contribution in [2.75, 3.05) is 5.32 Å². The quantitative estimate of drug-likeness (QED) is 0.215. The van der Waals surface area contributed by atoms with E-state index < -0.39 is 0 Å². The highest BCUT2D eigenvalue weighted by molar-refractivity contribution is 7.26. The predicted octanol–water partition coefficient (Wildman–Crippen LogP) is 12.2. The van der Waals surface area contributed by atoms with E-state index in [4.69, 9.17) is 0 Å². The Kier molecular flexibility index (Phi) is 6.14. The number of hydrogen-bond acceptors (Lipinski definition) is 2. The van der Waals surface area contributed by atoms with Crippen LogP contribution >= 0.6 is 11.3 Å². The van der Waals surface area contributed by atoms with Gasteiger partial charge in [0.25, 0.3) is 0 Å². The minimum absolute atomic E-state index is 0.0579. The summed E-state index contributed by atoms with van der Waals surface area (Å²) in [6.45, 7) is 0. The van der Waals surface area contributed by atoms with Crippen molar-refractivity contribution >= 4 is 37.2 Å². The molecule has 1 nitrogen and oxygen atoms in total. The molecule has 0 aliphatic carbocycles. The summed E-state index contributed by atoms with van der Waals surface area (Å²) in [5.41, 5.74) is 13.7. The Morgan fingerprint density at radius 1 is 0.444 bits per heavy atom. The minimum atomic E-state index is 0.0579. The van der Waals surface area contributed by atoms with E-state index in [-0.39, 0.29) is 6.04 Å². The molecular weight excluding hydrogens is 563 g/mol. The third-order valence-corrected chi connectivity index (χ3v) is 10.2. The maximum absolute atomic E-state index is 3.98. The summed E-state index contributed by atoms with van der Waals surface area (Å²) in [7, 11) is 0. The minimum Gasteiger partial charge on any atom is -0.374 e. The molecule has 9 rings (SSSR count). The van der Waals surface area contributed by atoms with Gasteiger partial charge in [0.15, 0.2) is 0 Å². The summed E-state index contributed by atoms with van der Waals surface area (Å²) in [5, 5.41) is 6.68. The van der Waals surface area contributed by atoms with E-state index in [1.54, 1.807) is 0 Å². The van der Waals surface area contributed by atoms with Gasteiger partial charge in [-0.15, -0.1) is 11.3 Å². The Hall–Kier alpha value is -5.44. The van der Waals surface area contributed by atoms with Crippen molar-refractivity contribution in [3.8, 4) is 44.5 Å². The molecule has 45 heavy (non-hydrogen) atoms. The normalized spacial score (nSPS) is 13.7. The van der Waals surface area contributed by atoms with Gasteiger partial charge in [0.1, 0.15) is 0 Å². The van der Waals surface area contributed by atoms with Crippen LogP contribution in [0.1, 0.15) is 17.2 Å². The maximum Gasteiger partial charge on any atom is 0.0773 e. The molecule has 7 aromatic carbocycles. The molecule has 1 N–H and O–H groups in total. The lowest BCUT2D eigenvalue weighted by atomic mass is 9.83. The first kappa shape index (κ1) is 26.0. The molecule has 212 valence electrons. The van der Waals surface area contributed by atoms with Crippen LogP contribution in [0.25, 0.3) is 64.7 Å². The van der Waals surface area contributed by atoms with E-state index in [2.05, 4.69) is 169 Å². The van der Waals surface area contributed by atoms with Crippen molar-refractivity contribution in [1.82, 2.24) is 0 Å². The van der Waals surface area contributed by atoms with E-state index in [9.17, 15) is 0 Å². The standard InChI is InChI=1S/C43H29NS/c1-4-12-28(13-5-1)32-24-33(29-14-6-2-7-15-29)26-34(25-32)31-20-21-35-38(27-31)44-43(30-16-8-3-9-17-30)37-22-23-40-42(41(35)37)36-18-10-11-19-39(36)45-40/h1-27,43-44H. The van der Waals surface area contributed by atoms with E-state index in [0.29, 0.717) is 0 Å². The number of rotatable bonds is 4. The van der Waals surface area contributed by atoms with E-state index in [1.807, 2.05) is 11.3 Å². The third kappa shape index (κ3) is 4.46. The molecule has 2 heteroatoms. The van der Waals surface area contributed by atoms with Crippen molar-refractivity contribution < 1.29 is 0 Å². The van der Waals surface area contributed by atoms with Crippen LogP contribution in [0.15, 0.2) is 164 Å². The monoisotopic (exact) mass is 591 g/mol. The smallest absolute Gasteiger partial charge is 0.0773 e. The molecule has 1 atom stereocenters. The summed E-state index contributed by atoms with van der Waals surface area (Å²) in [5.74, 6) is 0. The summed E-state index contributed by atoms with van der Waals surface area (Å²) in [4.78, 5) is 0. The summed E-state index contributed by atoms with van der Waals surface area (Å²) in [6.07, 6.45) is 0. The molecule has 1 aliphatic rings. The van der Waals surface area contributed by atoms with Crippen LogP contribution in [-0.2, 0) is 0 Å². The first-order valence-electron chi connectivity index (χ1n) is 15.5. The van der Waals surface area contributed by atoms with Gasteiger partial charge in [-0.3, -0.25) is 0 Å². The maximum atomic E-state index is 3.98. The van der Waals surface area contributed by atoms with Gasteiger partial charge in [-0.1, -0.05) is 127 Å². The first-order valence-corrected chi connectivity index (χ1v) is 16.3. The molecule has 0 saturated heterocycles. The van der Waals surface area contributed by atoms with E-state index in [0.717, 1.165) is 0 Å². The molecule has 0 fully saturated rings. The van der Waals surface area contributed by atoms with Crippen molar-refractivity contribution in [1.29, 1.82) is 0 Å². The zero-order valence-electron chi connectivity index (χ0n) is 24.6. The SMILES string of the molecule is c1ccc(-c2cc(-c3ccccc3)cc(-c3ccc4c(c3)NC(c3ccccc3)c3ccc5sc6ccccc6c5c3-4)c2)cc1. The van der Waals surface area contributed by atoms with Crippen LogP contribution in [-0.4, -0.2) is 0 Å². The van der Waals surface area contributed by atoms with Crippen LogP contribution in [0.3, 0.4) is 0 Å². The molecule has 0 bridgehead atoms. The third-order valence-electron chi connectivity index (χ3n) is 9.09. The zero-order chi connectivity index (χ0) is 29.7. The lowest BCUT2D eigenvalue weighted by Gasteiger charge is -2.31. The molecule has 0 radical (unpaired) electrons. The molecule has 0 amide bonds. The van der Waals surface area contributed by atoms with Crippen LogP contribution in [0.4, 0.5) is 5.69 Å². The zero-order valence-corrected chi connectivity index (χ0v) is 25.4. The average Bonchev–Trinajstić information content (AvgIpc) is 3.51.